The van der Waals surface area contributed by atoms with Crippen molar-refractivity contribution in [2.24, 2.45) is 0 Å². The molecule has 0 aliphatic carbocycles. The normalized spacial score (nSPS) is 8.40. The first-order chi connectivity index (χ1) is 4.83. The molecule has 3 N–H and O–H groups in total. The Balaban J connectivity index is 0. The number of aliphatic hydroxyl groups excluding tert-OH is 3. The van der Waals surface area contributed by atoms with Crippen LogP contribution in [0.1, 0.15) is 6.42 Å². The van der Waals surface area contributed by atoms with Crippen molar-refractivity contribution in [2.45, 2.75) is 6.42 Å². The van der Waals surface area contributed by atoms with E-state index in [1.165, 1.54) is 0 Å². The van der Waals surface area contributed by atoms with Crippen LogP contribution in [-0.2, 0) is 4.74 Å². The van der Waals surface area contributed by atoms with E-state index in [0.29, 0.717) is 6.61 Å². The average molecular weight is 152 g/mol. The van der Waals surface area contributed by atoms with Gasteiger partial charge in [-0.3, -0.25) is 0 Å². The molecule has 0 rings (SSSR count). The van der Waals surface area contributed by atoms with Crippen molar-refractivity contribution < 1.29 is 20.1 Å². The van der Waals surface area contributed by atoms with Gasteiger partial charge in [0, 0.05) is 20.3 Å². The molecule has 0 aromatic rings. The summed E-state index contributed by atoms with van der Waals surface area (Å²) in [6.07, 6.45) is 0.747. The smallest absolute Gasteiger partial charge is 0.0662 e. The molecule has 10 heavy (non-hydrogen) atoms. The van der Waals surface area contributed by atoms with E-state index in [-0.39, 0.29) is 19.8 Å². The lowest BCUT2D eigenvalue weighted by molar-refractivity contribution is 0.166. The molecular weight excluding hydrogens is 136 g/mol. The highest BCUT2D eigenvalue weighted by atomic mass is 16.5. The largest absolute Gasteiger partial charge is 0.396 e. The summed E-state index contributed by atoms with van der Waals surface area (Å²) in [5.41, 5.74) is 0. The number of methoxy groups -OCH3 is 1. The van der Waals surface area contributed by atoms with Crippen molar-refractivity contribution in [1.29, 1.82) is 0 Å². The average Bonchev–Trinajstić information content (AvgIpc) is 2.01. The van der Waals surface area contributed by atoms with Crippen LogP contribution < -0.4 is 0 Å². The highest BCUT2D eigenvalue weighted by molar-refractivity contribution is 4.25. The fraction of sp³-hybridized carbons (Fsp3) is 1.00. The maximum Gasteiger partial charge on any atom is 0.0662 e. The van der Waals surface area contributed by atoms with Crippen LogP contribution in [0, 0.1) is 0 Å². The molecule has 0 bridgehead atoms. The molecule has 0 aromatic carbocycles. The molecule has 0 saturated heterocycles. The molecule has 4 heteroatoms. The molecule has 64 valence electrons. The van der Waals surface area contributed by atoms with Crippen LogP contribution in [0.15, 0.2) is 0 Å². The molecule has 4 nitrogen and oxygen atoms in total. The van der Waals surface area contributed by atoms with E-state index < -0.39 is 0 Å². The summed E-state index contributed by atoms with van der Waals surface area (Å²) in [6, 6.07) is 0. The van der Waals surface area contributed by atoms with E-state index in [1.807, 2.05) is 0 Å². The van der Waals surface area contributed by atoms with Gasteiger partial charge in [0.15, 0.2) is 0 Å². The molecule has 0 spiro atoms. The maximum atomic E-state index is 8.12. The third-order valence-electron chi connectivity index (χ3n) is 0.607. The van der Waals surface area contributed by atoms with Crippen molar-refractivity contribution in [3.05, 3.63) is 0 Å². The molecule has 0 aromatic heterocycles. The van der Waals surface area contributed by atoms with Crippen molar-refractivity contribution in [3.63, 3.8) is 0 Å². The SMILES string of the molecule is COCCCO.OCCO. The van der Waals surface area contributed by atoms with Gasteiger partial charge in [0.1, 0.15) is 0 Å². The Morgan fingerprint density at radius 3 is 1.60 bits per heavy atom. The minimum absolute atomic E-state index is 0.125. The molecule has 0 saturated carbocycles. The van der Waals surface area contributed by atoms with Crippen molar-refractivity contribution in [2.75, 3.05) is 33.5 Å². The zero-order chi connectivity index (χ0) is 8.24. The lowest BCUT2D eigenvalue weighted by Crippen LogP contribution is -1.90. The predicted molar refractivity (Wildman–Crippen MR) is 37.8 cm³/mol. The highest BCUT2D eigenvalue weighted by Gasteiger charge is 1.75. The summed E-state index contributed by atoms with van der Waals surface area (Å²) in [5, 5.41) is 23.4. The third kappa shape index (κ3) is 24.9. The number of aliphatic hydroxyl groups is 3. The number of rotatable bonds is 4. The Morgan fingerprint density at radius 1 is 1.00 bits per heavy atom. The molecule has 0 aliphatic rings. The van der Waals surface area contributed by atoms with Crippen LogP contribution in [0.4, 0.5) is 0 Å². The highest BCUT2D eigenvalue weighted by Crippen LogP contribution is 1.72. The third-order valence-corrected chi connectivity index (χ3v) is 0.607. The molecule has 0 aliphatic heterocycles. The minimum Gasteiger partial charge on any atom is -0.396 e. The molecule has 0 fully saturated rings. The fourth-order valence-corrected chi connectivity index (χ4v) is 0.209. The first-order valence-electron chi connectivity index (χ1n) is 3.15. The monoisotopic (exact) mass is 152 g/mol. The molecule has 0 amide bonds. The predicted octanol–water partition coefficient (Wildman–Crippen LogP) is -1.01. The van der Waals surface area contributed by atoms with Crippen LogP contribution >= 0.6 is 0 Å². The van der Waals surface area contributed by atoms with E-state index >= 15 is 0 Å². The lowest BCUT2D eigenvalue weighted by atomic mass is 10.5. The van der Waals surface area contributed by atoms with Gasteiger partial charge in [0.05, 0.1) is 13.2 Å². The Hall–Kier alpha value is -0.160. The number of hydrogen-bond acceptors (Lipinski definition) is 4. The summed E-state index contributed by atoms with van der Waals surface area (Å²) in [6.45, 7) is 0.643. The second kappa shape index (κ2) is 15.9. The van der Waals surface area contributed by atoms with E-state index in [4.69, 9.17) is 15.3 Å². The zero-order valence-electron chi connectivity index (χ0n) is 6.29. The van der Waals surface area contributed by atoms with E-state index in [1.54, 1.807) is 7.11 Å². The summed E-state index contributed by atoms with van der Waals surface area (Å²) in [5.74, 6) is 0. The van der Waals surface area contributed by atoms with Crippen LogP contribution in [0.3, 0.4) is 0 Å². The van der Waals surface area contributed by atoms with E-state index in [2.05, 4.69) is 4.74 Å². The van der Waals surface area contributed by atoms with E-state index in [9.17, 15) is 0 Å². The fourth-order valence-electron chi connectivity index (χ4n) is 0.209. The standard InChI is InChI=1S/C4H10O2.C2H6O2/c1-6-4-2-3-5;3-1-2-4/h5H,2-4H2,1H3;3-4H,1-2H2. The van der Waals surface area contributed by atoms with Gasteiger partial charge in [-0.05, 0) is 6.42 Å². The van der Waals surface area contributed by atoms with Gasteiger partial charge >= 0.3 is 0 Å². The second-order valence-corrected chi connectivity index (χ2v) is 1.52. The summed E-state index contributed by atoms with van der Waals surface area (Å²) in [4.78, 5) is 0. The summed E-state index contributed by atoms with van der Waals surface area (Å²) < 4.78 is 4.62. The van der Waals surface area contributed by atoms with Gasteiger partial charge in [0.2, 0.25) is 0 Å². The maximum absolute atomic E-state index is 8.12. The summed E-state index contributed by atoms with van der Waals surface area (Å²) >= 11 is 0. The van der Waals surface area contributed by atoms with Crippen molar-refractivity contribution in [1.82, 2.24) is 0 Å². The number of hydrogen-bond donors (Lipinski definition) is 3. The Bertz CT molecular complexity index is 34.7. The zero-order valence-corrected chi connectivity index (χ0v) is 6.29. The Kier molecular flexibility index (Phi) is 19.9. The van der Waals surface area contributed by atoms with Gasteiger partial charge < -0.3 is 20.1 Å². The Morgan fingerprint density at radius 2 is 1.50 bits per heavy atom. The molecular formula is C6H16O4. The van der Waals surface area contributed by atoms with Gasteiger partial charge in [-0.25, -0.2) is 0 Å². The van der Waals surface area contributed by atoms with Gasteiger partial charge in [-0.1, -0.05) is 0 Å². The number of ether oxygens (including phenoxy) is 1. The van der Waals surface area contributed by atoms with Crippen molar-refractivity contribution >= 4 is 0 Å². The molecule has 0 heterocycles. The van der Waals surface area contributed by atoms with Crippen LogP contribution in [0.25, 0.3) is 0 Å². The van der Waals surface area contributed by atoms with Crippen LogP contribution in [-0.4, -0.2) is 48.9 Å². The van der Waals surface area contributed by atoms with E-state index in [0.717, 1.165) is 6.42 Å². The first kappa shape index (κ1) is 12.5. The second-order valence-electron chi connectivity index (χ2n) is 1.52. The van der Waals surface area contributed by atoms with Gasteiger partial charge in [-0.2, -0.15) is 0 Å². The van der Waals surface area contributed by atoms with Crippen LogP contribution in [0.2, 0.25) is 0 Å². The minimum atomic E-state index is -0.125. The molecule has 0 unspecified atom stereocenters. The lowest BCUT2D eigenvalue weighted by Gasteiger charge is -1.89. The topological polar surface area (TPSA) is 69.9 Å². The first-order valence-corrected chi connectivity index (χ1v) is 3.15. The van der Waals surface area contributed by atoms with Gasteiger partial charge in [-0.15, -0.1) is 0 Å². The molecule has 0 radical (unpaired) electrons. The van der Waals surface area contributed by atoms with Gasteiger partial charge in [0.25, 0.3) is 0 Å². The molecule has 0 atom stereocenters. The van der Waals surface area contributed by atoms with Crippen molar-refractivity contribution in [3.8, 4) is 0 Å². The Labute approximate surface area is 61.1 Å². The quantitative estimate of drug-likeness (QED) is 0.451. The van der Waals surface area contributed by atoms with Crippen LogP contribution in [0.5, 0.6) is 0 Å². The summed E-state index contributed by atoms with van der Waals surface area (Å²) in [7, 11) is 1.62.